The minimum Gasteiger partial charge on any atom is -0.417 e. The van der Waals surface area contributed by atoms with Crippen LogP contribution in [-0.2, 0) is 0 Å². The van der Waals surface area contributed by atoms with Crippen LogP contribution < -0.4 is 9.63 Å². The summed E-state index contributed by atoms with van der Waals surface area (Å²) < 4.78 is 3.04. The van der Waals surface area contributed by atoms with Gasteiger partial charge in [-0.05, 0) is 23.0 Å². The number of nitrogens with two attached hydrogens (primary N) is 1. The number of benzene rings is 1. The van der Waals surface area contributed by atoms with Crippen molar-refractivity contribution in [1.29, 1.82) is 0 Å². The quantitative estimate of drug-likeness (QED) is 0.328. The van der Waals surface area contributed by atoms with Crippen LogP contribution >= 0.6 is 0 Å². The molecule has 8 heteroatoms. The van der Waals surface area contributed by atoms with E-state index in [4.69, 9.17) is 5.40 Å². The Morgan fingerprint density at radius 2 is 0.969 bits per heavy atom. The third-order valence-electron chi connectivity index (χ3n) is 7.58. The van der Waals surface area contributed by atoms with E-state index in [0.717, 1.165) is 0 Å². The number of anilines is 1. The maximum atomic E-state index is 7.98. The highest BCUT2D eigenvalue weighted by Crippen LogP contribution is 2.44. The molecule has 0 radical (unpaired) electrons. The standard InChI is InChI=1S/C24H56N2Si6/c1-20(2)22-18-17-19-23(21(3)4)24(22)26(28(5,6)7)27(25)32(29(8,9)10,30(11,12)13)31(14,15)16/h17-21,27H,25H2,1-16H3/t27-/m1/s1. The van der Waals surface area contributed by atoms with Crippen LogP contribution in [0.5, 0.6) is 0 Å². The fourth-order valence-corrected chi connectivity index (χ4v) is 149. The number of nitrogens with zero attached hydrogens (tertiary/aromatic N) is 1. The maximum Gasteiger partial charge on any atom is 0.182 e. The summed E-state index contributed by atoms with van der Waals surface area (Å²) in [4.78, 5) is 0. The predicted octanol–water partition coefficient (Wildman–Crippen LogP) is 7.53. The van der Waals surface area contributed by atoms with Crippen molar-refractivity contribution in [3.05, 3.63) is 29.3 Å². The van der Waals surface area contributed by atoms with E-state index in [1.54, 1.807) is 5.69 Å². The van der Waals surface area contributed by atoms with Gasteiger partial charge >= 0.3 is 0 Å². The summed E-state index contributed by atoms with van der Waals surface area (Å²) in [5, 5.41) is 7.98. The van der Waals surface area contributed by atoms with Gasteiger partial charge < -0.3 is 9.63 Å². The van der Waals surface area contributed by atoms with Crippen molar-refractivity contribution in [2.75, 3.05) is 4.23 Å². The molecule has 0 fully saturated rings. The van der Waals surface area contributed by atoms with Gasteiger partial charge in [0.25, 0.3) is 0 Å². The molecule has 0 spiro atoms. The first-order valence-corrected chi connectivity index (χ1v) is 34.6. The molecule has 1 atom stereocenters. The lowest BCUT2D eigenvalue weighted by Gasteiger charge is -2.63. The topological polar surface area (TPSA) is 29.3 Å². The normalized spacial score (nSPS) is 15.5. The average Bonchev–Trinajstić information content (AvgIpc) is 2.49. The van der Waals surface area contributed by atoms with Gasteiger partial charge in [-0.25, -0.2) is 0 Å². The van der Waals surface area contributed by atoms with Crippen molar-refractivity contribution < 1.29 is 0 Å². The Labute approximate surface area is 207 Å². The molecule has 0 aliphatic heterocycles. The zero-order valence-corrected chi connectivity index (χ0v) is 30.6. The van der Waals surface area contributed by atoms with E-state index in [2.05, 4.69) is 129 Å². The zero-order chi connectivity index (χ0) is 25.7. The minimum atomic E-state index is -1.72. The minimum absolute atomic E-state index is 0.519. The number of para-hydroxylation sites is 1. The maximum absolute atomic E-state index is 7.98. The van der Waals surface area contributed by atoms with Gasteiger partial charge in [0, 0.05) is 28.5 Å². The fraction of sp³-hybridized carbons (Fsp3) is 0.750. The van der Waals surface area contributed by atoms with E-state index in [0.29, 0.717) is 11.8 Å². The first-order valence-electron chi connectivity index (χ1n) is 12.7. The van der Waals surface area contributed by atoms with Gasteiger partial charge in [-0.1, -0.05) is 124 Å². The first-order chi connectivity index (χ1) is 14.0. The zero-order valence-electron chi connectivity index (χ0n) is 24.5. The van der Waals surface area contributed by atoms with Crippen molar-refractivity contribution in [1.82, 2.24) is 0 Å². The molecule has 0 unspecified atom stereocenters. The van der Waals surface area contributed by atoms with Gasteiger partial charge in [0.2, 0.25) is 0 Å². The summed E-state index contributed by atoms with van der Waals surface area (Å²) in [6.45, 7) is 41.6. The van der Waals surface area contributed by atoms with E-state index in [1.807, 2.05) is 0 Å². The fourth-order valence-electron chi connectivity index (χ4n) is 7.58. The van der Waals surface area contributed by atoms with Gasteiger partial charge in [-0.3, -0.25) is 0 Å². The molecule has 0 saturated heterocycles. The molecule has 1 aromatic rings. The van der Waals surface area contributed by atoms with Crippen molar-refractivity contribution >= 4 is 51.5 Å². The Balaban J connectivity index is 4.22. The third-order valence-corrected chi connectivity index (χ3v) is 119. The van der Waals surface area contributed by atoms with Gasteiger partial charge in [0.15, 0.2) is 8.64 Å². The molecular formula is C24H56N2Si6. The Hall–Kier alpha value is 0.281. The van der Waals surface area contributed by atoms with E-state index in [1.165, 1.54) is 11.1 Å². The largest absolute Gasteiger partial charge is 0.417 e. The van der Waals surface area contributed by atoms with Crippen LogP contribution in [0.3, 0.4) is 0 Å². The van der Waals surface area contributed by atoms with Gasteiger partial charge in [0.1, 0.15) is 8.24 Å². The second-order valence-corrected chi connectivity index (χ2v) is 71.2. The molecule has 0 saturated carbocycles. The second kappa shape index (κ2) is 9.73. The Bertz CT molecular complexity index is 717. The predicted molar refractivity (Wildman–Crippen MR) is 168 cm³/mol. The van der Waals surface area contributed by atoms with Crippen LogP contribution in [0.1, 0.15) is 50.7 Å². The van der Waals surface area contributed by atoms with Crippen molar-refractivity contribution in [3.63, 3.8) is 0 Å². The Morgan fingerprint density at radius 3 is 1.19 bits per heavy atom. The molecule has 32 heavy (non-hydrogen) atoms. The Morgan fingerprint density at radius 1 is 0.656 bits per heavy atom. The summed E-state index contributed by atoms with van der Waals surface area (Å²) in [5.41, 5.74) is 4.64. The first kappa shape index (κ1) is 30.3. The highest BCUT2D eigenvalue weighted by molar-refractivity contribution is 8.04. The van der Waals surface area contributed by atoms with Crippen LogP contribution in [0.15, 0.2) is 18.2 Å². The van der Waals surface area contributed by atoms with Crippen LogP contribution in [-0.4, -0.2) is 45.8 Å². The molecule has 0 amide bonds. The number of hydrogen-bond acceptors (Lipinski definition) is 2. The molecule has 2 N–H and O–H groups in total. The van der Waals surface area contributed by atoms with Crippen LogP contribution in [0.25, 0.3) is 0 Å². The summed E-state index contributed by atoms with van der Waals surface area (Å²) in [5.74, 6) is 1.04. The Kier molecular flexibility index (Phi) is 9.22. The van der Waals surface area contributed by atoms with Gasteiger partial charge in [0.05, 0.1) is 6.14 Å². The lowest BCUT2D eigenvalue weighted by molar-refractivity contribution is 0.834. The number of hydrogen-bond donors (Lipinski definition) is 1. The highest BCUT2D eigenvalue weighted by Gasteiger charge is 2.67. The van der Waals surface area contributed by atoms with Crippen LogP contribution in [0.4, 0.5) is 5.69 Å². The summed E-state index contributed by atoms with van der Waals surface area (Å²) in [6, 6.07) is 7.10. The monoisotopic (exact) mass is 540 g/mol. The smallest absolute Gasteiger partial charge is 0.182 e. The van der Waals surface area contributed by atoms with E-state index >= 15 is 0 Å². The SMILES string of the molecule is CC(C)c1cccc(C(C)C)c1N([Si@@H](N)[Si]([Si](C)(C)C)([Si](C)(C)C)[Si](C)(C)C)[Si](C)(C)C. The van der Waals surface area contributed by atoms with E-state index < -0.39 is 45.8 Å². The van der Waals surface area contributed by atoms with Crippen molar-refractivity contribution in [2.24, 2.45) is 5.40 Å². The lowest BCUT2D eigenvalue weighted by atomic mass is 9.93. The van der Waals surface area contributed by atoms with E-state index in [9.17, 15) is 0 Å². The molecule has 0 heterocycles. The van der Waals surface area contributed by atoms with Crippen LogP contribution in [0, 0.1) is 0 Å². The van der Waals surface area contributed by atoms with E-state index in [-0.39, 0.29) is 0 Å². The van der Waals surface area contributed by atoms with Gasteiger partial charge in [-0.15, -0.1) is 0 Å². The molecule has 186 valence electrons. The molecule has 0 bridgehead atoms. The van der Waals surface area contributed by atoms with Crippen LogP contribution in [0.2, 0.25) is 78.6 Å². The van der Waals surface area contributed by atoms with Crippen molar-refractivity contribution in [2.45, 2.75) is 118 Å². The second-order valence-electron chi connectivity index (χ2n) is 14.6. The molecule has 0 aliphatic carbocycles. The summed E-state index contributed by atoms with van der Waals surface area (Å²) >= 11 is 0. The third kappa shape index (κ3) is 5.41. The molecule has 0 aliphatic rings. The molecule has 0 aromatic heterocycles. The average molecular weight is 541 g/mol. The molecular weight excluding hydrogens is 485 g/mol. The highest BCUT2D eigenvalue weighted by atomic mass is 30.2. The molecule has 1 aromatic carbocycles. The summed E-state index contributed by atoms with van der Waals surface area (Å²) in [6.07, 6.45) is -1.68. The lowest BCUT2D eigenvalue weighted by Crippen LogP contribution is -2.95. The molecule has 2 nitrogen and oxygen atoms in total. The van der Waals surface area contributed by atoms with Crippen molar-refractivity contribution in [3.8, 4) is 0 Å². The van der Waals surface area contributed by atoms with Gasteiger partial charge in [-0.2, -0.15) is 0 Å². The summed E-state index contributed by atoms with van der Waals surface area (Å²) in [7, 11) is -7.80. The molecule has 1 rings (SSSR count). The number of rotatable bonds is 9.